The summed E-state index contributed by atoms with van der Waals surface area (Å²) < 4.78 is 17.0. The molecule has 0 bridgehead atoms. The topological polar surface area (TPSA) is 78.9 Å². The summed E-state index contributed by atoms with van der Waals surface area (Å²) in [6.45, 7) is 6.54. The first-order valence-electron chi connectivity index (χ1n) is 34.7. The van der Waals surface area contributed by atoms with Gasteiger partial charge in [-0.2, -0.15) is 0 Å². The number of carbonyl (C=O) groups is 3. The van der Waals surface area contributed by atoms with Crippen LogP contribution in [0.25, 0.3) is 0 Å². The molecule has 0 saturated heterocycles. The highest BCUT2D eigenvalue weighted by molar-refractivity contribution is 5.71. The number of ether oxygens (including phenoxy) is 3. The Balaban J connectivity index is 4.42. The van der Waals surface area contributed by atoms with Gasteiger partial charge >= 0.3 is 17.9 Å². The second kappa shape index (κ2) is 68.8. The molecule has 0 radical (unpaired) electrons. The van der Waals surface area contributed by atoms with E-state index in [0.29, 0.717) is 19.3 Å². The van der Waals surface area contributed by atoms with Crippen molar-refractivity contribution >= 4 is 17.9 Å². The smallest absolute Gasteiger partial charge is 0.306 e. The molecule has 0 saturated carbocycles. The van der Waals surface area contributed by atoms with Gasteiger partial charge in [-0.25, -0.2) is 0 Å². The van der Waals surface area contributed by atoms with Crippen LogP contribution in [0.2, 0.25) is 0 Å². The van der Waals surface area contributed by atoms with Gasteiger partial charge in [0.1, 0.15) is 13.2 Å². The first-order chi connectivity index (χ1) is 40.0. The van der Waals surface area contributed by atoms with Crippen LogP contribution in [0, 0.1) is 0 Å². The molecule has 0 aliphatic rings. The lowest BCUT2D eigenvalue weighted by molar-refractivity contribution is -0.167. The van der Waals surface area contributed by atoms with Gasteiger partial charge in [0.05, 0.1) is 0 Å². The number of rotatable bonds is 63. The molecule has 1 atom stereocenters. The normalized spacial score (nSPS) is 12.7. The fourth-order valence-electron chi connectivity index (χ4n) is 9.85. The third kappa shape index (κ3) is 67.0. The van der Waals surface area contributed by atoms with E-state index in [-0.39, 0.29) is 31.1 Å². The highest BCUT2D eigenvalue weighted by Crippen LogP contribution is 2.17. The Kier molecular flexibility index (Phi) is 65.7. The standard InChI is InChI=1S/C75H130O6/c1-4-7-10-13-16-19-22-25-28-31-33-35-37-39-41-44-47-50-53-56-59-62-65-68-74(77)80-71-72(70-79-73(76)67-64-61-58-55-52-49-46-43-30-27-24-21-18-15-12-9-6-3)81-75(78)69-66-63-60-57-54-51-48-45-42-40-38-36-34-32-29-26-23-20-17-14-11-8-5-2/h7,10,16,19,25,27-28,30,32-35,39,41,47,50,72H,4-6,8-9,11-15,17-18,20-24,26,29,31,36-38,40,42-46,48-49,51-71H2,1-3H3/b10-7-,19-16-,28-25-,30-27-,34-32-,35-33-,41-39-,50-47-. The van der Waals surface area contributed by atoms with Gasteiger partial charge in [-0.05, 0) is 122 Å². The van der Waals surface area contributed by atoms with E-state index >= 15 is 0 Å². The maximum absolute atomic E-state index is 13.0. The van der Waals surface area contributed by atoms with Crippen molar-refractivity contribution in [2.24, 2.45) is 0 Å². The van der Waals surface area contributed by atoms with Crippen LogP contribution in [0.3, 0.4) is 0 Å². The van der Waals surface area contributed by atoms with Gasteiger partial charge in [-0.15, -0.1) is 0 Å². The molecular formula is C75H130O6. The fourth-order valence-corrected chi connectivity index (χ4v) is 9.85. The zero-order valence-electron chi connectivity index (χ0n) is 53.5. The van der Waals surface area contributed by atoms with Crippen LogP contribution in [0.1, 0.15) is 342 Å². The molecule has 0 aliphatic carbocycles. The van der Waals surface area contributed by atoms with E-state index in [4.69, 9.17) is 14.2 Å². The molecule has 0 rings (SSSR count). The average molecular weight is 1130 g/mol. The Morgan fingerprint density at radius 1 is 0.259 bits per heavy atom. The van der Waals surface area contributed by atoms with E-state index in [9.17, 15) is 14.4 Å². The minimum atomic E-state index is -0.793. The number of unbranched alkanes of at least 4 members (excludes halogenated alkanes) is 36. The summed E-state index contributed by atoms with van der Waals surface area (Å²) in [6, 6.07) is 0. The third-order valence-corrected chi connectivity index (χ3v) is 15.0. The van der Waals surface area contributed by atoms with Gasteiger partial charge < -0.3 is 14.2 Å². The Labute approximate surface area is 502 Å². The van der Waals surface area contributed by atoms with E-state index in [1.807, 2.05) is 0 Å². The SMILES string of the molecule is CC/C=C\C/C=C\C/C=C\C/C=C\C/C=C\C/C=C\CCCCCCC(=O)OCC(COC(=O)CCCCCCCCC/C=C\CCCCCCCC)OC(=O)CCCCCCCCCCCCC/C=C\CCCCCCCCCC. The zero-order valence-corrected chi connectivity index (χ0v) is 53.5. The maximum Gasteiger partial charge on any atom is 0.306 e. The van der Waals surface area contributed by atoms with Gasteiger partial charge in [0.25, 0.3) is 0 Å². The van der Waals surface area contributed by atoms with Crippen LogP contribution in [-0.2, 0) is 28.6 Å². The third-order valence-electron chi connectivity index (χ3n) is 15.0. The van der Waals surface area contributed by atoms with Crippen molar-refractivity contribution in [3.8, 4) is 0 Å². The van der Waals surface area contributed by atoms with E-state index in [2.05, 4.69) is 118 Å². The first kappa shape index (κ1) is 77.3. The Bertz CT molecular complexity index is 1580. The predicted molar refractivity (Wildman–Crippen MR) is 353 cm³/mol. The number of carbonyl (C=O) groups excluding carboxylic acids is 3. The molecule has 0 spiro atoms. The molecule has 6 heteroatoms. The van der Waals surface area contributed by atoms with Crippen molar-refractivity contribution < 1.29 is 28.6 Å². The van der Waals surface area contributed by atoms with Crippen molar-refractivity contribution in [2.75, 3.05) is 13.2 Å². The van der Waals surface area contributed by atoms with Crippen LogP contribution in [-0.4, -0.2) is 37.2 Å². The number of allylic oxidation sites excluding steroid dienone is 16. The molecule has 466 valence electrons. The minimum Gasteiger partial charge on any atom is -0.462 e. The lowest BCUT2D eigenvalue weighted by Crippen LogP contribution is -2.30. The molecule has 0 aromatic rings. The molecule has 1 unspecified atom stereocenters. The van der Waals surface area contributed by atoms with E-state index in [1.54, 1.807) is 0 Å². The van der Waals surface area contributed by atoms with E-state index in [0.717, 1.165) is 109 Å². The summed E-state index contributed by atoms with van der Waals surface area (Å²) in [6.07, 6.45) is 92.8. The quantitative estimate of drug-likeness (QED) is 0.0261. The summed E-state index contributed by atoms with van der Waals surface area (Å²) in [4.78, 5) is 38.5. The van der Waals surface area contributed by atoms with Gasteiger partial charge in [0.2, 0.25) is 0 Å². The molecule has 0 aromatic carbocycles. The molecule has 0 heterocycles. The average Bonchev–Trinajstić information content (AvgIpc) is 3.47. The van der Waals surface area contributed by atoms with Crippen LogP contribution in [0.5, 0.6) is 0 Å². The second-order valence-electron chi connectivity index (χ2n) is 23.1. The van der Waals surface area contributed by atoms with E-state index in [1.165, 1.54) is 193 Å². The molecule has 0 fully saturated rings. The second-order valence-corrected chi connectivity index (χ2v) is 23.1. The minimum absolute atomic E-state index is 0.0870. The van der Waals surface area contributed by atoms with E-state index < -0.39 is 6.10 Å². The predicted octanol–water partition coefficient (Wildman–Crippen LogP) is 24.0. The molecule has 6 nitrogen and oxygen atoms in total. The summed E-state index contributed by atoms with van der Waals surface area (Å²) >= 11 is 0. The van der Waals surface area contributed by atoms with Crippen LogP contribution < -0.4 is 0 Å². The molecule has 0 aliphatic heterocycles. The Morgan fingerprint density at radius 3 is 0.765 bits per heavy atom. The van der Waals surface area contributed by atoms with Crippen LogP contribution >= 0.6 is 0 Å². The Hall–Kier alpha value is -3.67. The Morgan fingerprint density at radius 2 is 0.481 bits per heavy atom. The lowest BCUT2D eigenvalue weighted by atomic mass is 10.0. The van der Waals surface area contributed by atoms with Crippen LogP contribution in [0.15, 0.2) is 97.2 Å². The molecule has 0 N–H and O–H groups in total. The summed E-state index contributed by atoms with van der Waals surface area (Å²) in [5.41, 5.74) is 0. The summed E-state index contributed by atoms with van der Waals surface area (Å²) in [5, 5.41) is 0. The zero-order chi connectivity index (χ0) is 58.5. The molecule has 0 amide bonds. The highest BCUT2D eigenvalue weighted by Gasteiger charge is 2.19. The highest BCUT2D eigenvalue weighted by atomic mass is 16.6. The van der Waals surface area contributed by atoms with Gasteiger partial charge in [0, 0.05) is 19.3 Å². The van der Waals surface area contributed by atoms with Gasteiger partial charge in [-0.3, -0.25) is 14.4 Å². The van der Waals surface area contributed by atoms with Crippen molar-refractivity contribution in [1.29, 1.82) is 0 Å². The van der Waals surface area contributed by atoms with Crippen molar-refractivity contribution in [2.45, 2.75) is 348 Å². The number of hydrogen-bond acceptors (Lipinski definition) is 6. The monoisotopic (exact) mass is 1130 g/mol. The maximum atomic E-state index is 13.0. The lowest BCUT2D eigenvalue weighted by Gasteiger charge is -2.18. The molecule has 81 heavy (non-hydrogen) atoms. The largest absolute Gasteiger partial charge is 0.462 e. The van der Waals surface area contributed by atoms with Crippen molar-refractivity contribution in [3.05, 3.63) is 97.2 Å². The van der Waals surface area contributed by atoms with Crippen LogP contribution in [0.4, 0.5) is 0 Å². The fraction of sp³-hybridized carbons (Fsp3) is 0.747. The molecule has 0 aromatic heterocycles. The van der Waals surface area contributed by atoms with Gasteiger partial charge in [-0.1, -0.05) is 298 Å². The molecular weight excluding hydrogens is 997 g/mol. The van der Waals surface area contributed by atoms with Crippen molar-refractivity contribution in [1.82, 2.24) is 0 Å². The number of esters is 3. The summed E-state index contributed by atoms with van der Waals surface area (Å²) in [5.74, 6) is -0.903. The van der Waals surface area contributed by atoms with Gasteiger partial charge in [0.15, 0.2) is 6.10 Å². The number of hydrogen-bond donors (Lipinski definition) is 0. The first-order valence-corrected chi connectivity index (χ1v) is 34.7. The van der Waals surface area contributed by atoms with Crippen molar-refractivity contribution in [3.63, 3.8) is 0 Å². The summed E-state index contributed by atoms with van der Waals surface area (Å²) in [7, 11) is 0.